The smallest absolute Gasteiger partial charge is 0.332 e. The Kier molecular flexibility index (Phi) is 9.31. The van der Waals surface area contributed by atoms with E-state index in [1.54, 1.807) is 0 Å². The lowest BCUT2D eigenvalue weighted by Crippen LogP contribution is -2.47. The van der Waals surface area contributed by atoms with Crippen molar-refractivity contribution in [3.05, 3.63) is 35.4 Å². The van der Waals surface area contributed by atoms with Gasteiger partial charge in [0, 0.05) is 19.5 Å². The van der Waals surface area contributed by atoms with Crippen LogP contribution in [-0.4, -0.2) is 23.0 Å². The third kappa shape index (κ3) is 7.75. The Balaban J connectivity index is 0.00000312. The number of urea groups is 1. The van der Waals surface area contributed by atoms with Crippen LogP contribution >= 0.6 is 12.4 Å². The number of halogens is 1. The summed E-state index contributed by atoms with van der Waals surface area (Å²) in [6.07, 6.45) is 6.93. The number of carbonyl (C=O) groups is 2. The molecule has 1 saturated carbocycles. The maximum absolute atomic E-state index is 12.2. The molecule has 0 saturated heterocycles. The first-order valence-corrected chi connectivity index (χ1v) is 8.69. The van der Waals surface area contributed by atoms with Gasteiger partial charge in [-0.05, 0) is 24.0 Å². The zero-order chi connectivity index (χ0) is 17.4. The number of hydrogen-bond acceptors (Lipinski definition) is 3. The lowest BCUT2D eigenvalue weighted by Gasteiger charge is -2.22. The number of hydrogen-bond donors (Lipinski definition) is 3. The SMILES string of the molecule is CC(=O)NCc1ccc(CN(N)C(=O)NC2CCCCCC2)cc1.Cl. The van der Waals surface area contributed by atoms with Crippen LogP contribution in [0.4, 0.5) is 4.79 Å². The average Bonchev–Trinajstić information content (AvgIpc) is 2.82. The van der Waals surface area contributed by atoms with Crippen LogP contribution in [0, 0.1) is 0 Å². The fourth-order valence-electron chi connectivity index (χ4n) is 2.94. The van der Waals surface area contributed by atoms with Gasteiger partial charge in [0.05, 0.1) is 6.54 Å². The molecule has 1 aliphatic rings. The van der Waals surface area contributed by atoms with Gasteiger partial charge >= 0.3 is 6.03 Å². The minimum Gasteiger partial charge on any atom is -0.352 e. The highest BCUT2D eigenvalue weighted by Crippen LogP contribution is 2.17. The van der Waals surface area contributed by atoms with E-state index in [9.17, 15) is 9.59 Å². The van der Waals surface area contributed by atoms with Gasteiger partial charge in [-0.2, -0.15) is 0 Å². The summed E-state index contributed by atoms with van der Waals surface area (Å²) in [5, 5.41) is 7.02. The molecule has 1 aromatic carbocycles. The van der Waals surface area contributed by atoms with Crippen LogP contribution in [0.1, 0.15) is 56.6 Å². The van der Waals surface area contributed by atoms with E-state index in [-0.39, 0.29) is 30.4 Å². The van der Waals surface area contributed by atoms with Crippen LogP contribution in [0.25, 0.3) is 0 Å². The zero-order valence-corrected chi connectivity index (χ0v) is 15.6. The number of rotatable bonds is 5. The monoisotopic (exact) mass is 368 g/mol. The predicted molar refractivity (Wildman–Crippen MR) is 101 cm³/mol. The molecule has 0 radical (unpaired) electrons. The van der Waals surface area contributed by atoms with Crippen LogP contribution in [0.2, 0.25) is 0 Å². The molecular formula is C18H29ClN4O2. The van der Waals surface area contributed by atoms with Gasteiger partial charge in [0.1, 0.15) is 0 Å². The van der Waals surface area contributed by atoms with Gasteiger partial charge in [-0.15, -0.1) is 12.4 Å². The maximum Gasteiger partial charge on any atom is 0.332 e. The summed E-state index contributed by atoms with van der Waals surface area (Å²) in [5.74, 6) is 5.85. The molecule has 7 heteroatoms. The van der Waals surface area contributed by atoms with E-state index in [4.69, 9.17) is 5.84 Å². The highest BCUT2D eigenvalue weighted by molar-refractivity contribution is 5.85. The lowest BCUT2D eigenvalue weighted by molar-refractivity contribution is -0.119. The topological polar surface area (TPSA) is 87.5 Å². The second kappa shape index (κ2) is 10.9. The fourth-order valence-corrected chi connectivity index (χ4v) is 2.94. The van der Waals surface area contributed by atoms with Crippen LogP contribution in [-0.2, 0) is 17.9 Å². The summed E-state index contributed by atoms with van der Waals surface area (Å²) in [6, 6.07) is 7.74. The molecule has 0 spiro atoms. The van der Waals surface area contributed by atoms with Crippen molar-refractivity contribution in [2.24, 2.45) is 5.84 Å². The first kappa shape index (κ1) is 21.3. The van der Waals surface area contributed by atoms with Gasteiger partial charge in [-0.3, -0.25) is 9.80 Å². The third-order valence-corrected chi connectivity index (χ3v) is 4.36. The Morgan fingerprint density at radius 3 is 2.20 bits per heavy atom. The summed E-state index contributed by atoms with van der Waals surface area (Å²) in [7, 11) is 0. The van der Waals surface area contributed by atoms with E-state index in [1.165, 1.54) is 37.6 Å². The van der Waals surface area contributed by atoms with Crippen LogP contribution in [0.5, 0.6) is 0 Å². The molecule has 0 aliphatic heterocycles. The first-order chi connectivity index (χ1) is 11.5. The lowest BCUT2D eigenvalue weighted by atomic mass is 10.1. The Labute approximate surface area is 155 Å². The Morgan fingerprint density at radius 1 is 1.08 bits per heavy atom. The zero-order valence-electron chi connectivity index (χ0n) is 14.8. The average molecular weight is 369 g/mol. The molecule has 25 heavy (non-hydrogen) atoms. The number of nitrogens with one attached hydrogen (secondary N) is 2. The van der Waals surface area contributed by atoms with Crippen molar-refractivity contribution in [1.29, 1.82) is 0 Å². The highest BCUT2D eigenvalue weighted by atomic mass is 35.5. The van der Waals surface area contributed by atoms with E-state index in [0.29, 0.717) is 13.1 Å². The molecule has 4 N–H and O–H groups in total. The number of nitrogens with zero attached hydrogens (tertiary/aromatic N) is 1. The minimum atomic E-state index is -0.218. The van der Waals surface area contributed by atoms with E-state index >= 15 is 0 Å². The third-order valence-electron chi connectivity index (χ3n) is 4.36. The summed E-state index contributed by atoms with van der Waals surface area (Å²) >= 11 is 0. The Bertz CT molecular complexity index is 543. The second-order valence-electron chi connectivity index (χ2n) is 6.49. The van der Waals surface area contributed by atoms with Crippen LogP contribution in [0.3, 0.4) is 0 Å². The molecule has 2 rings (SSSR count). The molecule has 0 unspecified atom stereocenters. The fraction of sp³-hybridized carbons (Fsp3) is 0.556. The van der Waals surface area contributed by atoms with Crippen molar-refractivity contribution >= 4 is 24.3 Å². The summed E-state index contributed by atoms with van der Waals surface area (Å²) in [4.78, 5) is 23.1. The van der Waals surface area contributed by atoms with Gasteiger partial charge in [0.2, 0.25) is 5.91 Å². The summed E-state index contributed by atoms with van der Waals surface area (Å²) < 4.78 is 0. The van der Waals surface area contributed by atoms with Crippen molar-refractivity contribution in [3.63, 3.8) is 0 Å². The summed E-state index contributed by atoms with van der Waals surface area (Å²) in [5.41, 5.74) is 1.97. The molecule has 0 heterocycles. The maximum atomic E-state index is 12.2. The van der Waals surface area contributed by atoms with Crippen LogP contribution < -0.4 is 16.5 Å². The van der Waals surface area contributed by atoms with Crippen molar-refractivity contribution < 1.29 is 9.59 Å². The molecule has 3 amide bonds. The number of hydrazine groups is 1. The van der Waals surface area contributed by atoms with Crippen molar-refractivity contribution in [2.45, 2.75) is 64.6 Å². The number of nitrogens with two attached hydrogens (primary N) is 1. The molecule has 140 valence electrons. The van der Waals surface area contributed by atoms with Gasteiger partial charge < -0.3 is 10.6 Å². The number of benzene rings is 1. The molecule has 0 bridgehead atoms. The standard InChI is InChI=1S/C18H28N4O2.ClH/c1-14(23)20-12-15-8-10-16(11-9-15)13-22(19)18(24)21-17-6-4-2-3-5-7-17;/h8-11,17H,2-7,12-13,19H2,1H3,(H,20,23)(H,21,24);1H. The van der Waals surface area contributed by atoms with Gasteiger partial charge in [0.15, 0.2) is 0 Å². The molecule has 0 atom stereocenters. The summed E-state index contributed by atoms with van der Waals surface area (Å²) in [6.45, 7) is 2.36. The Morgan fingerprint density at radius 2 is 1.64 bits per heavy atom. The molecular weight excluding hydrogens is 340 g/mol. The molecule has 1 fully saturated rings. The van der Waals surface area contributed by atoms with Crippen molar-refractivity contribution in [1.82, 2.24) is 15.6 Å². The number of carbonyl (C=O) groups excluding carboxylic acids is 2. The van der Waals surface area contributed by atoms with E-state index in [2.05, 4.69) is 10.6 Å². The number of amides is 3. The second-order valence-corrected chi connectivity index (χ2v) is 6.49. The largest absolute Gasteiger partial charge is 0.352 e. The van der Waals surface area contributed by atoms with Gasteiger partial charge in [-0.1, -0.05) is 49.9 Å². The van der Waals surface area contributed by atoms with E-state index in [1.807, 2.05) is 24.3 Å². The molecule has 6 nitrogen and oxygen atoms in total. The minimum absolute atomic E-state index is 0. The quantitative estimate of drug-likeness (QED) is 0.323. The van der Waals surface area contributed by atoms with E-state index < -0.39 is 0 Å². The highest BCUT2D eigenvalue weighted by Gasteiger charge is 2.17. The molecule has 1 aromatic rings. The van der Waals surface area contributed by atoms with Crippen molar-refractivity contribution in [3.8, 4) is 0 Å². The normalized spacial score (nSPS) is 14.8. The van der Waals surface area contributed by atoms with Gasteiger partial charge in [0.25, 0.3) is 0 Å². The molecule has 1 aliphatic carbocycles. The predicted octanol–water partition coefficient (Wildman–Crippen LogP) is 2.85. The van der Waals surface area contributed by atoms with Crippen LogP contribution in [0.15, 0.2) is 24.3 Å². The van der Waals surface area contributed by atoms with E-state index in [0.717, 1.165) is 24.0 Å². The van der Waals surface area contributed by atoms with Gasteiger partial charge in [-0.25, -0.2) is 10.6 Å². The Hall–Kier alpha value is -1.79. The molecule has 0 aromatic heterocycles. The van der Waals surface area contributed by atoms with Crippen molar-refractivity contribution in [2.75, 3.05) is 0 Å². The first-order valence-electron chi connectivity index (χ1n) is 8.69.